The number of aliphatic carboxylic acids is 1. The number of halogens is 3. The van der Waals surface area contributed by atoms with Crippen molar-refractivity contribution in [1.29, 1.82) is 0 Å². The molecule has 0 atom stereocenters. The number of hydrogen-bond acceptors (Lipinski definition) is 8. The molecule has 0 spiro atoms. The van der Waals surface area contributed by atoms with Gasteiger partial charge in [0, 0.05) is 39.0 Å². The minimum Gasteiger partial charge on any atom is -0.475 e. The number of anilines is 1. The van der Waals surface area contributed by atoms with Crippen LogP contribution in [-0.4, -0.2) is 80.0 Å². The second-order valence-corrected chi connectivity index (χ2v) is 7.53. The molecule has 3 N–H and O–H groups in total. The lowest BCUT2D eigenvalue weighted by Crippen LogP contribution is -2.44. The van der Waals surface area contributed by atoms with Crippen LogP contribution in [0.5, 0.6) is 0 Å². The molecule has 176 valence electrons. The largest absolute Gasteiger partial charge is 0.490 e. The Balaban J connectivity index is 0.000000451. The minimum atomic E-state index is -5.08. The highest BCUT2D eigenvalue weighted by molar-refractivity contribution is 7.99. The van der Waals surface area contributed by atoms with Crippen molar-refractivity contribution in [2.24, 2.45) is 7.05 Å². The van der Waals surface area contributed by atoms with Crippen LogP contribution in [-0.2, 0) is 18.4 Å². The van der Waals surface area contributed by atoms with Gasteiger partial charge in [0.2, 0.25) is 5.95 Å². The van der Waals surface area contributed by atoms with Gasteiger partial charge in [0.1, 0.15) is 0 Å². The van der Waals surface area contributed by atoms with Crippen molar-refractivity contribution in [3.63, 3.8) is 0 Å². The standard InChI is InChI=1S/C16H22N6O2S.C2HF3O2/c1-3-4-7-22-12-13(18-15(22)21-8-5-17-6-9-21)19-16(25-11-10-23)20(2)14(12)24;3-2(4,5)1(6)7/h17,23H,5-11H2,1-2H3;(H,6,7). The Bertz CT molecular complexity index is 1070. The summed E-state index contributed by atoms with van der Waals surface area (Å²) >= 11 is 1.35. The number of hydrogen-bond donors (Lipinski definition) is 3. The average molecular weight is 476 g/mol. The molecule has 0 aromatic carbocycles. The summed E-state index contributed by atoms with van der Waals surface area (Å²) in [5.74, 6) is 4.39. The number of aliphatic hydroxyl groups is 1. The number of aliphatic hydroxyl groups excluding tert-OH is 1. The van der Waals surface area contributed by atoms with E-state index >= 15 is 0 Å². The first-order chi connectivity index (χ1) is 15.1. The van der Waals surface area contributed by atoms with Crippen molar-refractivity contribution in [1.82, 2.24) is 24.4 Å². The summed E-state index contributed by atoms with van der Waals surface area (Å²) in [6, 6.07) is 0. The number of nitrogens with zero attached hydrogens (tertiary/aromatic N) is 5. The SMILES string of the molecule is CC#CCn1c(N2CCNCC2)nc2nc(SCCO)n(C)c(=O)c21.O=C(O)C(F)(F)F. The van der Waals surface area contributed by atoms with Crippen molar-refractivity contribution in [3.8, 4) is 11.8 Å². The second-order valence-electron chi connectivity index (χ2n) is 6.47. The van der Waals surface area contributed by atoms with Crippen LogP contribution < -0.4 is 15.8 Å². The van der Waals surface area contributed by atoms with Crippen LogP contribution in [0.3, 0.4) is 0 Å². The van der Waals surface area contributed by atoms with E-state index in [0.717, 1.165) is 32.1 Å². The van der Waals surface area contributed by atoms with Gasteiger partial charge in [-0.25, -0.2) is 9.78 Å². The number of alkyl halides is 3. The monoisotopic (exact) mass is 476 g/mol. The van der Waals surface area contributed by atoms with Gasteiger partial charge in [-0.3, -0.25) is 13.9 Å². The van der Waals surface area contributed by atoms with Gasteiger partial charge in [-0.05, 0) is 6.92 Å². The summed E-state index contributed by atoms with van der Waals surface area (Å²) in [6.07, 6.45) is -5.08. The van der Waals surface area contributed by atoms with E-state index in [-0.39, 0.29) is 12.2 Å². The maximum atomic E-state index is 12.9. The van der Waals surface area contributed by atoms with E-state index < -0.39 is 12.1 Å². The number of piperazine rings is 1. The van der Waals surface area contributed by atoms with Crippen LogP contribution in [0.4, 0.5) is 19.1 Å². The number of thioether (sulfide) groups is 1. The molecule has 0 amide bonds. The normalized spacial score (nSPS) is 13.9. The lowest BCUT2D eigenvalue weighted by atomic mass is 10.4. The summed E-state index contributed by atoms with van der Waals surface area (Å²) in [6.45, 7) is 5.64. The molecular weight excluding hydrogens is 453 g/mol. The summed E-state index contributed by atoms with van der Waals surface area (Å²) in [5.41, 5.74) is 0.777. The van der Waals surface area contributed by atoms with Crippen molar-refractivity contribution in [2.75, 3.05) is 43.4 Å². The van der Waals surface area contributed by atoms with E-state index in [9.17, 15) is 18.0 Å². The average Bonchev–Trinajstić information content (AvgIpc) is 3.12. The fourth-order valence-corrected chi connectivity index (χ4v) is 3.51. The van der Waals surface area contributed by atoms with Crippen LogP contribution >= 0.6 is 11.8 Å². The number of carboxylic acids is 1. The predicted octanol–water partition coefficient (Wildman–Crippen LogP) is 0.281. The van der Waals surface area contributed by atoms with Crippen LogP contribution in [0.15, 0.2) is 9.95 Å². The quantitative estimate of drug-likeness (QED) is 0.317. The van der Waals surface area contributed by atoms with Gasteiger partial charge < -0.3 is 20.4 Å². The number of carboxylic acid groups (broad SMARTS) is 1. The Labute approximate surface area is 185 Å². The molecule has 3 heterocycles. The third-order valence-corrected chi connectivity index (χ3v) is 5.31. The lowest BCUT2D eigenvalue weighted by Gasteiger charge is -2.28. The Hall–Kier alpha value is -2.76. The molecule has 10 nitrogen and oxygen atoms in total. The number of rotatable bonds is 5. The van der Waals surface area contributed by atoms with E-state index in [1.54, 1.807) is 14.0 Å². The van der Waals surface area contributed by atoms with Crippen LogP contribution in [0, 0.1) is 11.8 Å². The first-order valence-electron chi connectivity index (χ1n) is 9.48. The number of carbonyl (C=O) groups is 1. The van der Waals surface area contributed by atoms with Gasteiger partial charge in [0.15, 0.2) is 16.3 Å². The van der Waals surface area contributed by atoms with Gasteiger partial charge in [0.05, 0.1) is 13.2 Å². The molecule has 1 aliphatic rings. The Morgan fingerprint density at radius 1 is 1.28 bits per heavy atom. The Morgan fingerprint density at radius 3 is 2.44 bits per heavy atom. The van der Waals surface area contributed by atoms with E-state index in [2.05, 4.69) is 32.0 Å². The van der Waals surface area contributed by atoms with Crippen molar-refractivity contribution < 1.29 is 28.2 Å². The minimum absolute atomic E-state index is 0.0329. The van der Waals surface area contributed by atoms with Gasteiger partial charge in [0.25, 0.3) is 5.56 Å². The Morgan fingerprint density at radius 2 is 1.91 bits per heavy atom. The van der Waals surface area contributed by atoms with Gasteiger partial charge in [-0.15, -0.1) is 5.92 Å². The number of nitrogens with one attached hydrogen (secondary N) is 1. The zero-order valence-corrected chi connectivity index (χ0v) is 18.3. The van der Waals surface area contributed by atoms with E-state index in [4.69, 9.17) is 15.0 Å². The van der Waals surface area contributed by atoms with Gasteiger partial charge in [-0.2, -0.15) is 18.2 Å². The summed E-state index contributed by atoms with van der Waals surface area (Å²) in [7, 11) is 1.70. The zero-order valence-electron chi connectivity index (χ0n) is 17.4. The molecule has 14 heteroatoms. The highest BCUT2D eigenvalue weighted by Gasteiger charge is 2.38. The molecule has 2 aromatic heterocycles. The first-order valence-corrected chi connectivity index (χ1v) is 10.5. The smallest absolute Gasteiger partial charge is 0.475 e. The molecule has 32 heavy (non-hydrogen) atoms. The van der Waals surface area contributed by atoms with Gasteiger partial charge in [-0.1, -0.05) is 17.7 Å². The lowest BCUT2D eigenvalue weighted by molar-refractivity contribution is -0.192. The van der Waals surface area contributed by atoms with Crippen molar-refractivity contribution >= 4 is 34.8 Å². The topological polar surface area (TPSA) is 126 Å². The highest BCUT2D eigenvalue weighted by atomic mass is 32.2. The molecule has 0 aliphatic carbocycles. The molecule has 0 unspecified atom stereocenters. The third kappa shape index (κ3) is 6.15. The summed E-state index contributed by atoms with van der Waals surface area (Å²) in [4.78, 5) is 33.2. The molecule has 0 saturated carbocycles. The fraction of sp³-hybridized carbons (Fsp3) is 0.556. The van der Waals surface area contributed by atoms with E-state index in [1.165, 1.54) is 16.3 Å². The highest BCUT2D eigenvalue weighted by Crippen LogP contribution is 2.22. The summed E-state index contributed by atoms with van der Waals surface area (Å²) in [5, 5.41) is 20.0. The van der Waals surface area contributed by atoms with E-state index in [0.29, 0.717) is 28.6 Å². The van der Waals surface area contributed by atoms with E-state index in [1.807, 2.05) is 4.57 Å². The molecule has 1 fully saturated rings. The first kappa shape index (κ1) is 25.5. The van der Waals surface area contributed by atoms with Crippen molar-refractivity contribution in [2.45, 2.75) is 24.8 Å². The van der Waals surface area contributed by atoms with Crippen LogP contribution in [0.25, 0.3) is 11.2 Å². The third-order valence-electron chi connectivity index (χ3n) is 4.30. The van der Waals surface area contributed by atoms with Crippen LogP contribution in [0.2, 0.25) is 0 Å². The number of aromatic nitrogens is 4. The molecule has 0 bridgehead atoms. The maximum absolute atomic E-state index is 12.9. The number of imidazole rings is 1. The maximum Gasteiger partial charge on any atom is 0.490 e. The number of fused-ring (bicyclic) bond motifs is 1. The van der Waals surface area contributed by atoms with Gasteiger partial charge >= 0.3 is 12.1 Å². The molecule has 1 aliphatic heterocycles. The fourth-order valence-electron chi connectivity index (χ4n) is 2.81. The van der Waals surface area contributed by atoms with Crippen molar-refractivity contribution in [3.05, 3.63) is 10.4 Å². The molecular formula is C18H23F3N6O4S. The second kappa shape index (κ2) is 11.2. The Kier molecular flexibility index (Phi) is 8.93. The molecule has 0 radical (unpaired) electrons. The molecule has 3 rings (SSSR count). The zero-order chi connectivity index (χ0) is 23.9. The molecule has 1 saturated heterocycles. The van der Waals surface area contributed by atoms with Crippen LogP contribution in [0.1, 0.15) is 6.92 Å². The molecule has 2 aromatic rings. The predicted molar refractivity (Wildman–Crippen MR) is 113 cm³/mol. The summed E-state index contributed by atoms with van der Waals surface area (Å²) < 4.78 is 35.1.